The highest BCUT2D eigenvalue weighted by Crippen LogP contribution is 2.17. The van der Waals surface area contributed by atoms with E-state index in [4.69, 9.17) is 4.74 Å². The van der Waals surface area contributed by atoms with Crippen LogP contribution in [0.4, 0.5) is 0 Å². The van der Waals surface area contributed by atoms with E-state index in [1.807, 2.05) is 0 Å². The molecule has 1 saturated heterocycles. The number of benzene rings is 1. The quantitative estimate of drug-likeness (QED) is 0.747. The van der Waals surface area contributed by atoms with Crippen molar-refractivity contribution in [2.45, 2.75) is 59.2 Å². The third kappa shape index (κ3) is 4.32. The maximum atomic E-state index is 6.10. The molecular formula is C18H29NO. The molecular weight excluding hydrogens is 246 g/mol. The topological polar surface area (TPSA) is 12.5 Å². The first-order valence-electron chi connectivity index (χ1n) is 8.15. The Morgan fingerprint density at radius 1 is 1.30 bits per heavy atom. The summed E-state index contributed by atoms with van der Waals surface area (Å²) < 4.78 is 6.10. The van der Waals surface area contributed by atoms with Gasteiger partial charge in [0.2, 0.25) is 0 Å². The maximum absolute atomic E-state index is 6.10. The Morgan fingerprint density at radius 3 is 2.90 bits per heavy atom. The highest BCUT2D eigenvalue weighted by Gasteiger charge is 2.22. The molecule has 0 radical (unpaired) electrons. The molecule has 1 aromatic rings. The van der Waals surface area contributed by atoms with Crippen molar-refractivity contribution < 1.29 is 4.74 Å². The highest BCUT2D eigenvalue weighted by atomic mass is 16.5. The first kappa shape index (κ1) is 15.5. The third-order valence-electron chi connectivity index (χ3n) is 4.34. The summed E-state index contributed by atoms with van der Waals surface area (Å²) in [6.07, 6.45) is 5.32. The van der Waals surface area contributed by atoms with Crippen LogP contribution in [0.5, 0.6) is 0 Å². The van der Waals surface area contributed by atoms with Gasteiger partial charge in [-0.3, -0.25) is 0 Å². The second kappa shape index (κ2) is 7.80. The van der Waals surface area contributed by atoms with E-state index in [1.165, 1.54) is 49.0 Å². The first-order chi connectivity index (χ1) is 9.72. The summed E-state index contributed by atoms with van der Waals surface area (Å²) in [4.78, 5) is 2.54. The fraction of sp³-hybridized carbons (Fsp3) is 0.667. The monoisotopic (exact) mass is 275 g/mol. The lowest BCUT2D eigenvalue weighted by molar-refractivity contribution is 0.0466. The van der Waals surface area contributed by atoms with Crippen LogP contribution in [-0.4, -0.2) is 30.6 Å². The molecule has 2 heteroatoms. The lowest BCUT2D eigenvalue weighted by Gasteiger charge is -2.16. The molecule has 1 heterocycles. The van der Waals surface area contributed by atoms with Crippen LogP contribution in [-0.2, 0) is 17.8 Å². The Labute approximate surface area is 124 Å². The van der Waals surface area contributed by atoms with Crippen LogP contribution in [0.15, 0.2) is 18.2 Å². The molecule has 1 aliphatic heterocycles. The van der Waals surface area contributed by atoms with E-state index >= 15 is 0 Å². The molecule has 1 aliphatic rings. The zero-order chi connectivity index (χ0) is 14.4. The summed E-state index contributed by atoms with van der Waals surface area (Å²) in [5.74, 6) is 0. The van der Waals surface area contributed by atoms with Gasteiger partial charge in [-0.05, 0) is 49.4 Å². The SMILES string of the molecule is CCCCN1CCC(OCc2ccc(C)c(CC)c2)C1. The van der Waals surface area contributed by atoms with Crippen molar-refractivity contribution >= 4 is 0 Å². The summed E-state index contributed by atoms with van der Waals surface area (Å²) in [5.41, 5.74) is 4.16. The van der Waals surface area contributed by atoms with E-state index < -0.39 is 0 Å². The molecule has 0 N–H and O–H groups in total. The molecule has 1 aromatic carbocycles. The molecule has 0 amide bonds. The third-order valence-corrected chi connectivity index (χ3v) is 4.34. The maximum Gasteiger partial charge on any atom is 0.0721 e. The minimum absolute atomic E-state index is 0.429. The van der Waals surface area contributed by atoms with Crippen LogP contribution in [0, 0.1) is 6.92 Å². The zero-order valence-electron chi connectivity index (χ0n) is 13.3. The van der Waals surface area contributed by atoms with E-state index in [1.54, 1.807) is 0 Å². The molecule has 0 spiro atoms. The highest BCUT2D eigenvalue weighted by molar-refractivity contribution is 5.30. The second-order valence-electron chi connectivity index (χ2n) is 5.99. The summed E-state index contributed by atoms with van der Waals surface area (Å²) in [6, 6.07) is 6.73. The van der Waals surface area contributed by atoms with Gasteiger partial charge in [0, 0.05) is 13.1 Å². The summed E-state index contributed by atoms with van der Waals surface area (Å²) in [7, 11) is 0. The predicted molar refractivity (Wildman–Crippen MR) is 85.1 cm³/mol. The number of ether oxygens (including phenoxy) is 1. The van der Waals surface area contributed by atoms with Gasteiger partial charge >= 0.3 is 0 Å². The first-order valence-corrected chi connectivity index (χ1v) is 8.15. The van der Waals surface area contributed by atoms with Crippen LogP contribution in [0.1, 0.15) is 49.8 Å². The molecule has 2 nitrogen and oxygen atoms in total. The van der Waals surface area contributed by atoms with Gasteiger partial charge < -0.3 is 9.64 Å². The van der Waals surface area contributed by atoms with Crippen molar-refractivity contribution in [2.75, 3.05) is 19.6 Å². The average molecular weight is 275 g/mol. The van der Waals surface area contributed by atoms with E-state index in [2.05, 4.69) is 43.9 Å². The lowest BCUT2D eigenvalue weighted by atomic mass is 10.0. The van der Waals surface area contributed by atoms with E-state index in [0.29, 0.717) is 6.10 Å². The predicted octanol–water partition coefficient (Wildman–Crippen LogP) is 3.95. The fourth-order valence-electron chi connectivity index (χ4n) is 2.93. The smallest absolute Gasteiger partial charge is 0.0721 e. The Hall–Kier alpha value is -0.860. The molecule has 0 aromatic heterocycles. The van der Waals surface area contributed by atoms with Crippen molar-refractivity contribution in [1.29, 1.82) is 0 Å². The molecule has 0 bridgehead atoms. The van der Waals surface area contributed by atoms with Gasteiger partial charge in [-0.2, -0.15) is 0 Å². The fourth-order valence-corrected chi connectivity index (χ4v) is 2.93. The van der Waals surface area contributed by atoms with Crippen LogP contribution < -0.4 is 0 Å². The molecule has 1 atom stereocenters. The number of hydrogen-bond donors (Lipinski definition) is 0. The van der Waals surface area contributed by atoms with Gasteiger partial charge in [0.25, 0.3) is 0 Å². The molecule has 20 heavy (non-hydrogen) atoms. The van der Waals surface area contributed by atoms with E-state index in [0.717, 1.165) is 19.6 Å². The molecule has 112 valence electrons. The van der Waals surface area contributed by atoms with Gasteiger partial charge in [0.15, 0.2) is 0 Å². The Kier molecular flexibility index (Phi) is 6.06. The van der Waals surface area contributed by atoms with Gasteiger partial charge in [0.05, 0.1) is 12.7 Å². The van der Waals surface area contributed by atoms with Crippen LogP contribution in [0.25, 0.3) is 0 Å². The van der Waals surface area contributed by atoms with Crippen LogP contribution in [0.2, 0.25) is 0 Å². The molecule has 2 rings (SSSR count). The zero-order valence-corrected chi connectivity index (χ0v) is 13.3. The normalized spacial score (nSPS) is 19.6. The minimum atomic E-state index is 0.429. The van der Waals surface area contributed by atoms with Crippen molar-refractivity contribution in [3.63, 3.8) is 0 Å². The largest absolute Gasteiger partial charge is 0.372 e. The van der Waals surface area contributed by atoms with Crippen molar-refractivity contribution in [3.05, 3.63) is 34.9 Å². The molecule has 0 aliphatic carbocycles. The Morgan fingerprint density at radius 2 is 2.15 bits per heavy atom. The average Bonchev–Trinajstić information content (AvgIpc) is 2.92. The molecule has 0 saturated carbocycles. The number of nitrogens with zero attached hydrogens (tertiary/aromatic N) is 1. The number of aryl methyl sites for hydroxylation is 2. The van der Waals surface area contributed by atoms with Crippen LogP contribution in [0.3, 0.4) is 0 Å². The van der Waals surface area contributed by atoms with Gasteiger partial charge in [-0.25, -0.2) is 0 Å². The van der Waals surface area contributed by atoms with Gasteiger partial charge in [0.1, 0.15) is 0 Å². The summed E-state index contributed by atoms with van der Waals surface area (Å²) in [5, 5.41) is 0. The summed E-state index contributed by atoms with van der Waals surface area (Å²) in [6.45, 7) is 11.0. The number of hydrogen-bond acceptors (Lipinski definition) is 2. The van der Waals surface area contributed by atoms with Gasteiger partial charge in [-0.1, -0.05) is 38.5 Å². The Balaban J connectivity index is 1.78. The van der Waals surface area contributed by atoms with Crippen molar-refractivity contribution in [2.24, 2.45) is 0 Å². The van der Waals surface area contributed by atoms with E-state index in [-0.39, 0.29) is 0 Å². The Bertz CT molecular complexity index is 416. The molecule has 1 fully saturated rings. The van der Waals surface area contributed by atoms with E-state index in [9.17, 15) is 0 Å². The molecule has 1 unspecified atom stereocenters. The number of unbranched alkanes of at least 4 members (excludes halogenated alkanes) is 1. The minimum Gasteiger partial charge on any atom is -0.372 e. The van der Waals surface area contributed by atoms with Crippen molar-refractivity contribution in [1.82, 2.24) is 4.90 Å². The lowest BCUT2D eigenvalue weighted by Crippen LogP contribution is -2.24. The van der Waals surface area contributed by atoms with Gasteiger partial charge in [-0.15, -0.1) is 0 Å². The van der Waals surface area contributed by atoms with Crippen molar-refractivity contribution in [3.8, 4) is 0 Å². The summed E-state index contributed by atoms with van der Waals surface area (Å²) >= 11 is 0. The van der Waals surface area contributed by atoms with Crippen LogP contribution >= 0.6 is 0 Å². The number of likely N-dealkylation sites (tertiary alicyclic amines) is 1. The number of rotatable bonds is 7. The second-order valence-corrected chi connectivity index (χ2v) is 5.99. The standard InChI is InChI=1S/C18H29NO/c1-4-6-10-19-11-9-18(13-19)20-14-16-8-7-15(3)17(5-2)12-16/h7-8,12,18H,4-6,9-11,13-14H2,1-3H3.